The minimum Gasteiger partial charge on any atom is -0.354 e. The lowest BCUT2D eigenvalue weighted by Gasteiger charge is -2.26. The van der Waals surface area contributed by atoms with Crippen LogP contribution in [0.1, 0.15) is 6.92 Å². The molecule has 19 heavy (non-hydrogen) atoms. The Hall–Kier alpha value is -1.03. The van der Waals surface area contributed by atoms with Crippen LogP contribution in [0.3, 0.4) is 0 Å². The van der Waals surface area contributed by atoms with Crippen molar-refractivity contribution in [2.24, 2.45) is 5.92 Å². The van der Waals surface area contributed by atoms with E-state index in [1.54, 1.807) is 5.32 Å². The Balaban J connectivity index is 4.95. The summed E-state index contributed by atoms with van der Waals surface area (Å²) in [5.41, 5.74) is 0. The number of methoxy groups -OCH3 is 2. The first-order valence-corrected chi connectivity index (χ1v) is 4.94. The predicted molar refractivity (Wildman–Crippen MR) is 51.0 cm³/mol. The van der Waals surface area contributed by atoms with E-state index in [1.165, 1.54) is 0 Å². The monoisotopic (exact) mass is 297 g/mol. The van der Waals surface area contributed by atoms with E-state index in [2.05, 4.69) is 9.47 Å². The van der Waals surface area contributed by atoms with Crippen molar-refractivity contribution in [1.29, 1.82) is 0 Å². The predicted octanol–water partition coefficient (Wildman–Crippen LogP) is 1.85. The van der Waals surface area contributed by atoms with Crippen LogP contribution in [0.25, 0.3) is 0 Å². The van der Waals surface area contributed by atoms with Gasteiger partial charge in [-0.25, -0.2) is 0 Å². The third kappa shape index (κ3) is 5.23. The second kappa shape index (κ2) is 6.42. The molecule has 0 aliphatic rings. The molecule has 0 rings (SSSR count). The fourth-order valence-corrected chi connectivity index (χ4v) is 1.36. The van der Waals surface area contributed by atoms with E-state index in [1.807, 2.05) is 0 Å². The highest BCUT2D eigenvalue weighted by molar-refractivity contribution is 5.80. The van der Waals surface area contributed by atoms with Gasteiger partial charge in [-0.1, -0.05) is 0 Å². The lowest BCUT2D eigenvalue weighted by atomic mass is 10.1. The molecule has 4 nitrogen and oxygen atoms in total. The van der Waals surface area contributed by atoms with Gasteiger partial charge in [0.2, 0.25) is 11.8 Å². The van der Waals surface area contributed by atoms with Crippen molar-refractivity contribution in [3.8, 4) is 0 Å². The van der Waals surface area contributed by atoms with Gasteiger partial charge < -0.3 is 14.8 Å². The Morgan fingerprint density at radius 1 is 1.00 bits per heavy atom. The topological polar surface area (TPSA) is 47.6 Å². The zero-order chi connectivity index (χ0) is 15.4. The largest absolute Gasteiger partial charge is 0.409 e. The summed E-state index contributed by atoms with van der Waals surface area (Å²) in [6, 6.07) is -1.19. The molecule has 0 heterocycles. The van der Waals surface area contributed by atoms with Crippen LogP contribution < -0.4 is 5.32 Å². The van der Waals surface area contributed by atoms with Crippen LogP contribution in [0.15, 0.2) is 0 Å². The SMILES string of the molecule is COC(OC)C(C)NC(=O)C(C(F)(F)F)C(F)(F)F. The van der Waals surface area contributed by atoms with Crippen molar-refractivity contribution in [3.05, 3.63) is 0 Å². The molecule has 0 aliphatic heterocycles. The van der Waals surface area contributed by atoms with Gasteiger partial charge >= 0.3 is 12.4 Å². The van der Waals surface area contributed by atoms with Crippen molar-refractivity contribution >= 4 is 5.91 Å². The molecule has 0 aromatic carbocycles. The van der Waals surface area contributed by atoms with E-state index >= 15 is 0 Å². The smallest absolute Gasteiger partial charge is 0.354 e. The Kier molecular flexibility index (Phi) is 6.07. The van der Waals surface area contributed by atoms with Gasteiger partial charge in [-0.05, 0) is 6.92 Å². The standard InChI is InChI=1S/C9H13F6NO3/c1-4(7(18-2)19-3)16-6(17)5(8(10,11)12)9(13,14)15/h4-5,7H,1-3H3,(H,16,17). The van der Waals surface area contributed by atoms with Gasteiger partial charge in [0.15, 0.2) is 6.29 Å². The fourth-order valence-electron chi connectivity index (χ4n) is 1.36. The Labute approximate surface area is 105 Å². The molecule has 10 heteroatoms. The first-order valence-electron chi connectivity index (χ1n) is 4.94. The summed E-state index contributed by atoms with van der Waals surface area (Å²) in [6.07, 6.45) is -12.6. The third-order valence-corrected chi connectivity index (χ3v) is 2.16. The Morgan fingerprint density at radius 2 is 1.37 bits per heavy atom. The molecule has 1 amide bonds. The maximum atomic E-state index is 12.2. The second-order valence-electron chi connectivity index (χ2n) is 3.65. The highest BCUT2D eigenvalue weighted by Crippen LogP contribution is 2.39. The molecule has 0 bridgehead atoms. The summed E-state index contributed by atoms with van der Waals surface area (Å²) >= 11 is 0. The van der Waals surface area contributed by atoms with E-state index in [0.29, 0.717) is 0 Å². The van der Waals surface area contributed by atoms with Crippen LogP contribution in [0.2, 0.25) is 0 Å². The van der Waals surface area contributed by atoms with Crippen LogP contribution in [-0.2, 0) is 14.3 Å². The highest BCUT2D eigenvalue weighted by atomic mass is 19.4. The number of rotatable bonds is 5. The normalized spacial score (nSPS) is 14.9. The van der Waals surface area contributed by atoms with Crippen LogP contribution in [-0.4, -0.2) is 44.8 Å². The molecule has 114 valence electrons. The molecule has 1 unspecified atom stereocenters. The number of amides is 1. The first-order chi connectivity index (χ1) is 8.45. The third-order valence-electron chi connectivity index (χ3n) is 2.16. The summed E-state index contributed by atoms with van der Waals surface area (Å²) in [6.45, 7) is 1.15. The lowest BCUT2D eigenvalue weighted by molar-refractivity contribution is -0.274. The molecule has 0 spiro atoms. The highest BCUT2D eigenvalue weighted by Gasteiger charge is 2.61. The summed E-state index contributed by atoms with van der Waals surface area (Å²) < 4.78 is 82.7. The number of nitrogens with one attached hydrogen (secondary N) is 1. The van der Waals surface area contributed by atoms with E-state index in [-0.39, 0.29) is 0 Å². The van der Waals surface area contributed by atoms with Crippen molar-refractivity contribution in [2.45, 2.75) is 31.6 Å². The number of hydrogen-bond acceptors (Lipinski definition) is 3. The van der Waals surface area contributed by atoms with Gasteiger partial charge in [0, 0.05) is 14.2 Å². The lowest BCUT2D eigenvalue weighted by Crippen LogP contribution is -2.52. The summed E-state index contributed by atoms with van der Waals surface area (Å²) in [5.74, 6) is -6.29. The molecule has 0 aliphatic carbocycles. The minimum atomic E-state index is -5.72. The van der Waals surface area contributed by atoms with Crippen LogP contribution in [0.5, 0.6) is 0 Å². The van der Waals surface area contributed by atoms with Crippen molar-refractivity contribution in [1.82, 2.24) is 5.32 Å². The van der Waals surface area contributed by atoms with E-state index in [0.717, 1.165) is 21.1 Å². The number of carbonyl (C=O) groups excluding carboxylic acids is 1. The maximum absolute atomic E-state index is 12.2. The summed E-state index contributed by atoms with van der Waals surface area (Å²) in [5, 5.41) is 1.57. The van der Waals surface area contributed by atoms with Crippen molar-refractivity contribution < 1.29 is 40.6 Å². The molecular weight excluding hydrogens is 284 g/mol. The first kappa shape index (κ1) is 18.0. The number of ether oxygens (including phenoxy) is 2. The minimum absolute atomic E-state index is 1.13. The molecule has 1 N–H and O–H groups in total. The molecule has 0 aromatic heterocycles. The maximum Gasteiger partial charge on any atom is 0.409 e. The molecule has 0 radical (unpaired) electrons. The molecule has 0 saturated carbocycles. The molecule has 0 fully saturated rings. The summed E-state index contributed by atoms with van der Waals surface area (Å²) in [4.78, 5) is 11.1. The van der Waals surface area contributed by atoms with E-state index < -0.39 is 36.5 Å². The fraction of sp³-hybridized carbons (Fsp3) is 0.889. The van der Waals surface area contributed by atoms with Crippen molar-refractivity contribution in [3.63, 3.8) is 0 Å². The van der Waals surface area contributed by atoms with Gasteiger partial charge in [0.1, 0.15) is 0 Å². The average molecular weight is 297 g/mol. The van der Waals surface area contributed by atoms with Crippen LogP contribution in [0, 0.1) is 5.92 Å². The molecular formula is C9H13F6NO3. The Morgan fingerprint density at radius 3 is 1.63 bits per heavy atom. The van der Waals surface area contributed by atoms with Gasteiger partial charge in [-0.3, -0.25) is 4.79 Å². The number of carbonyl (C=O) groups is 1. The average Bonchev–Trinajstić information content (AvgIpc) is 2.13. The molecule has 1 atom stereocenters. The van der Waals surface area contributed by atoms with Crippen LogP contribution >= 0.6 is 0 Å². The van der Waals surface area contributed by atoms with E-state index in [4.69, 9.17) is 0 Å². The molecule has 0 saturated heterocycles. The number of halogens is 6. The number of alkyl halides is 6. The van der Waals surface area contributed by atoms with Crippen LogP contribution in [0.4, 0.5) is 26.3 Å². The van der Waals surface area contributed by atoms with E-state index in [9.17, 15) is 31.1 Å². The quantitative estimate of drug-likeness (QED) is 0.622. The Bertz CT molecular complexity index is 285. The van der Waals surface area contributed by atoms with Crippen molar-refractivity contribution in [2.75, 3.05) is 14.2 Å². The van der Waals surface area contributed by atoms with Gasteiger partial charge in [-0.2, -0.15) is 26.3 Å². The second-order valence-corrected chi connectivity index (χ2v) is 3.65. The zero-order valence-corrected chi connectivity index (χ0v) is 10.2. The molecule has 0 aromatic rings. The zero-order valence-electron chi connectivity index (χ0n) is 10.2. The number of hydrogen-bond donors (Lipinski definition) is 1. The van der Waals surface area contributed by atoms with Gasteiger partial charge in [0.25, 0.3) is 0 Å². The van der Waals surface area contributed by atoms with Gasteiger partial charge in [-0.15, -0.1) is 0 Å². The summed E-state index contributed by atoms with van der Waals surface area (Å²) in [7, 11) is 2.25. The van der Waals surface area contributed by atoms with Gasteiger partial charge in [0.05, 0.1) is 6.04 Å².